The van der Waals surface area contributed by atoms with Crippen LogP contribution in [0.5, 0.6) is 5.75 Å². The summed E-state index contributed by atoms with van der Waals surface area (Å²) in [4.78, 5) is 49.6. The number of carbonyl (C=O) groups excluding carboxylic acids is 3. The van der Waals surface area contributed by atoms with Gasteiger partial charge in [-0.05, 0) is 75.4 Å². The SMILES string of the molecule is CCc1ccccc1NC(=O)CN1C(=O)N/C(=C/c2ccc(OCc3ccc(C(=O)O)cc3)c(Br)c2)C1=O. The Balaban J connectivity index is 1.39. The Morgan fingerprint density at radius 1 is 1.08 bits per heavy atom. The molecule has 1 saturated heterocycles. The molecule has 0 aromatic heterocycles. The van der Waals surface area contributed by atoms with Crippen molar-refractivity contribution in [2.24, 2.45) is 0 Å². The van der Waals surface area contributed by atoms with Crippen molar-refractivity contribution in [2.75, 3.05) is 11.9 Å². The molecule has 3 aromatic carbocycles. The van der Waals surface area contributed by atoms with Gasteiger partial charge in [0.1, 0.15) is 24.6 Å². The summed E-state index contributed by atoms with van der Waals surface area (Å²) in [6.07, 6.45) is 2.25. The summed E-state index contributed by atoms with van der Waals surface area (Å²) in [6, 6.07) is 18.2. The number of urea groups is 1. The van der Waals surface area contributed by atoms with Gasteiger partial charge in [-0.1, -0.05) is 43.3 Å². The maximum absolute atomic E-state index is 12.8. The lowest BCUT2D eigenvalue weighted by molar-refractivity contribution is -0.127. The molecule has 1 aliphatic rings. The second kappa shape index (κ2) is 11.7. The summed E-state index contributed by atoms with van der Waals surface area (Å²) in [6.45, 7) is 1.79. The summed E-state index contributed by atoms with van der Waals surface area (Å²) in [7, 11) is 0. The topological polar surface area (TPSA) is 125 Å². The lowest BCUT2D eigenvalue weighted by Gasteiger charge is -2.13. The summed E-state index contributed by atoms with van der Waals surface area (Å²) < 4.78 is 6.43. The van der Waals surface area contributed by atoms with Crippen LogP contribution in [-0.4, -0.2) is 40.4 Å². The van der Waals surface area contributed by atoms with Crippen molar-refractivity contribution in [1.82, 2.24) is 10.2 Å². The molecule has 10 heteroatoms. The van der Waals surface area contributed by atoms with Crippen LogP contribution in [-0.2, 0) is 22.6 Å². The van der Waals surface area contributed by atoms with Gasteiger partial charge in [-0.15, -0.1) is 0 Å². The minimum absolute atomic E-state index is 0.0517. The molecule has 0 saturated carbocycles. The summed E-state index contributed by atoms with van der Waals surface area (Å²) in [5, 5.41) is 14.3. The molecule has 194 valence electrons. The van der Waals surface area contributed by atoms with Crippen LogP contribution in [0.3, 0.4) is 0 Å². The van der Waals surface area contributed by atoms with Crippen LogP contribution < -0.4 is 15.4 Å². The standard InChI is InChI=1S/C28H24BrN3O6/c1-2-19-5-3-4-6-22(19)30-25(33)15-32-26(34)23(31-28(32)37)14-18-9-12-24(21(29)13-18)38-16-17-7-10-20(11-8-17)27(35)36/h3-14H,2,15-16H2,1H3,(H,30,33)(H,31,37)(H,35,36)/b23-14+. The average molecular weight is 578 g/mol. The predicted molar refractivity (Wildman–Crippen MR) is 145 cm³/mol. The van der Waals surface area contributed by atoms with E-state index in [1.807, 2.05) is 19.1 Å². The quantitative estimate of drug-likeness (QED) is 0.247. The molecule has 1 aliphatic heterocycles. The van der Waals surface area contributed by atoms with E-state index in [1.54, 1.807) is 42.5 Å². The largest absolute Gasteiger partial charge is 0.488 e. The normalized spacial score (nSPS) is 13.9. The minimum Gasteiger partial charge on any atom is -0.488 e. The van der Waals surface area contributed by atoms with E-state index in [1.165, 1.54) is 18.2 Å². The first kappa shape index (κ1) is 26.6. The van der Waals surface area contributed by atoms with Gasteiger partial charge in [0.15, 0.2) is 0 Å². The number of halogens is 1. The fourth-order valence-electron chi connectivity index (χ4n) is 3.79. The summed E-state index contributed by atoms with van der Waals surface area (Å²) >= 11 is 3.45. The van der Waals surface area contributed by atoms with Crippen molar-refractivity contribution in [3.05, 3.63) is 99.2 Å². The minimum atomic E-state index is -0.994. The van der Waals surface area contributed by atoms with E-state index in [4.69, 9.17) is 9.84 Å². The van der Waals surface area contributed by atoms with E-state index in [0.29, 0.717) is 21.5 Å². The fourth-order valence-corrected chi connectivity index (χ4v) is 4.31. The number of ether oxygens (including phenoxy) is 1. The van der Waals surface area contributed by atoms with E-state index in [-0.39, 0.29) is 17.9 Å². The molecule has 4 amide bonds. The second-order valence-electron chi connectivity index (χ2n) is 8.42. The van der Waals surface area contributed by atoms with E-state index < -0.39 is 30.4 Å². The first-order valence-electron chi connectivity index (χ1n) is 11.7. The average Bonchev–Trinajstić information content (AvgIpc) is 3.16. The molecule has 38 heavy (non-hydrogen) atoms. The lowest BCUT2D eigenvalue weighted by Crippen LogP contribution is -2.38. The Kier molecular flexibility index (Phi) is 8.22. The van der Waals surface area contributed by atoms with Crippen molar-refractivity contribution in [3.63, 3.8) is 0 Å². The third-order valence-electron chi connectivity index (χ3n) is 5.80. The van der Waals surface area contributed by atoms with Gasteiger partial charge in [-0.3, -0.25) is 9.59 Å². The zero-order valence-corrected chi connectivity index (χ0v) is 21.9. The maximum Gasteiger partial charge on any atom is 0.335 e. The highest BCUT2D eigenvalue weighted by molar-refractivity contribution is 9.10. The molecule has 0 radical (unpaired) electrons. The smallest absolute Gasteiger partial charge is 0.335 e. The predicted octanol–water partition coefficient (Wildman–Crippen LogP) is 4.82. The van der Waals surface area contributed by atoms with Crippen molar-refractivity contribution in [3.8, 4) is 5.75 Å². The molecule has 0 unspecified atom stereocenters. The number of anilines is 1. The highest BCUT2D eigenvalue weighted by atomic mass is 79.9. The molecule has 4 rings (SSSR count). The van der Waals surface area contributed by atoms with Crippen LogP contribution in [0.4, 0.5) is 10.5 Å². The van der Waals surface area contributed by atoms with Crippen LogP contribution in [0.2, 0.25) is 0 Å². The van der Waals surface area contributed by atoms with E-state index in [0.717, 1.165) is 22.4 Å². The number of para-hydroxylation sites is 1. The number of hydrogen-bond donors (Lipinski definition) is 3. The number of amides is 4. The van der Waals surface area contributed by atoms with Gasteiger partial charge in [0.2, 0.25) is 5.91 Å². The molecular weight excluding hydrogens is 554 g/mol. The number of hydrogen-bond acceptors (Lipinski definition) is 5. The Labute approximate surface area is 227 Å². The number of carboxylic acid groups (broad SMARTS) is 1. The van der Waals surface area contributed by atoms with Crippen LogP contribution >= 0.6 is 15.9 Å². The number of nitrogens with one attached hydrogen (secondary N) is 2. The molecule has 9 nitrogen and oxygen atoms in total. The number of imide groups is 1. The monoisotopic (exact) mass is 577 g/mol. The molecule has 3 aromatic rings. The molecule has 1 heterocycles. The van der Waals surface area contributed by atoms with E-state index >= 15 is 0 Å². The van der Waals surface area contributed by atoms with Gasteiger partial charge in [0, 0.05) is 5.69 Å². The molecule has 0 spiro atoms. The summed E-state index contributed by atoms with van der Waals surface area (Å²) in [5.74, 6) is -1.53. The lowest BCUT2D eigenvalue weighted by atomic mass is 10.1. The van der Waals surface area contributed by atoms with E-state index in [2.05, 4.69) is 26.6 Å². The zero-order valence-electron chi connectivity index (χ0n) is 20.4. The number of carboxylic acids is 1. The number of aryl methyl sites for hydroxylation is 1. The van der Waals surface area contributed by atoms with Gasteiger partial charge < -0.3 is 20.5 Å². The molecular formula is C28H24BrN3O6. The first-order chi connectivity index (χ1) is 18.2. The maximum atomic E-state index is 12.8. The number of rotatable bonds is 9. The number of nitrogens with zero attached hydrogens (tertiary/aromatic N) is 1. The third-order valence-corrected chi connectivity index (χ3v) is 6.42. The van der Waals surface area contributed by atoms with Crippen molar-refractivity contribution in [2.45, 2.75) is 20.0 Å². The molecule has 0 bridgehead atoms. The Hall–Kier alpha value is -4.44. The second-order valence-corrected chi connectivity index (χ2v) is 9.27. The van der Waals surface area contributed by atoms with Gasteiger partial charge in [-0.25, -0.2) is 14.5 Å². The van der Waals surface area contributed by atoms with Crippen LogP contribution in [0.25, 0.3) is 6.08 Å². The van der Waals surface area contributed by atoms with Crippen molar-refractivity contribution in [1.29, 1.82) is 0 Å². The molecule has 1 fully saturated rings. The van der Waals surface area contributed by atoms with Gasteiger partial charge in [0.25, 0.3) is 5.91 Å². The van der Waals surface area contributed by atoms with Gasteiger partial charge >= 0.3 is 12.0 Å². The van der Waals surface area contributed by atoms with Gasteiger partial charge in [0.05, 0.1) is 10.0 Å². The van der Waals surface area contributed by atoms with Crippen molar-refractivity contribution < 1.29 is 29.0 Å². The molecule has 3 N–H and O–H groups in total. The molecule has 0 aliphatic carbocycles. The third kappa shape index (κ3) is 6.27. The zero-order chi connectivity index (χ0) is 27.2. The first-order valence-corrected chi connectivity index (χ1v) is 12.5. The van der Waals surface area contributed by atoms with Crippen LogP contribution in [0.15, 0.2) is 76.9 Å². The summed E-state index contributed by atoms with van der Waals surface area (Å²) in [5.41, 5.74) is 3.27. The Bertz CT molecular complexity index is 1430. The number of benzene rings is 3. The number of carbonyl (C=O) groups is 4. The highest BCUT2D eigenvalue weighted by Gasteiger charge is 2.35. The van der Waals surface area contributed by atoms with Crippen LogP contribution in [0, 0.1) is 0 Å². The van der Waals surface area contributed by atoms with E-state index in [9.17, 15) is 19.2 Å². The fraction of sp³-hybridized carbons (Fsp3) is 0.143. The molecule has 0 atom stereocenters. The van der Waals surface area contributed by atoms with Gasteiger partial charge in [-0.2, -0.15) is 0 Å². The Morgan fingerprint density at radius 2 is 1.82 bits per heavy atom. The van der Waals surface area contributed by atoms with Crippen LogP contribution in [0.1, 0.15) is 34.0 Å². The van der Waals surface area contributed by atoms with Crippen molar-refractivity contribution >= 4 is 51.5 Å². The highest BCUT2D eigenvalue weighted by Crippen LogP contribution is 2.28. The number of aromatic carboxylic acids is 1. The Morgan fingerprint density at radius 3 is 2.50 bits per heavy atom.